The van der Waals surface area contributed by atoms with Crippen molar-refractivity contribution < 1.29 is 9.53 Å². The van der Waals surface area contributed by atoms with Gasteiger partial charge in [-0.05, 0) is 33.6 Å². The van der Waals surface area contributed by atoms with Crippen LogP contribution in [0.5, 0.6) is 0 Å². The van der Waals surface area contributed by atoms with Gasteiger partial charge in [-0.2, -0.15) is 0 Å². The van der Waals surface area contributed by atoms with E-state index in [2.05, 4.69) is 18.5 Å². The topological polar surface area (TPSA) is 38.3 Å². The number of carbonyl (C=O) groups excluding carboxylic acids is 1. The molecule has 0 spiro atoms. The summed E-state index contributed by atoms with van der Waals surface area (Å²) in [5, 5.41) is 2.57. The highest BCUT2D eigenvalue weighted by molar-refractivity contribution is 5.69. The highest BCUT2D eigenvalue weighted by Crippen LogP contribution is 2.07. The molecular weight excluding hydrogens is 178 g/mol. The molecule has 0 rings (SSSR count). The number of nitrogens with one attached hydrogen (secondary N) is 1. The zero-order valence-corrected chi connectivity index (χ0v) is 9.22. The minimum absolute atomic E-state index is 0.452. The van der Waals surface area contributed by atoms with Crippen LogP contribution in [0.4, 0.5) is 4.79 Å². The zero-order valence-electron chi connectivity index (χ0n) is 9.22. The van der Waals surface area contributed by atoms with Gasteiger partial charge in [0.05, 0.1) is 0 Å². The predicted molar refractivity (Wildman–Crippen MR) is 57.9 cm³/mol. The number of amides is 1. The van der Waals surface area contributed by atoms with Gasteiger partial charge in [-0.1, -0.05) is 12.7 Å². The Labute approximate surface area is 85.8 Å². The number of hydrogen-bond acceptors (Lipinski definition) is 2. The average Bonchev–Trinajstić information content (AvgIpc) is 1.96. The number of hydrogen-bond donors (Lipinski definition) is 1. The summed E-state index contributed by atoms with van der Waals surface area (Å²) in [6, 6.07) is 0. The molecule has 14 heavy (non-hydrogen) atoms. The molecule has 0 aliphatic rings. The smallest absolute Gasteiger partial charge is 0.411 e. The lowest BCUT2D eigenvalue weighted by molar-refractivity contribution is 0.0544. The van der Waals surface area contributed by atoms with Crippen molar-refractivity contribution in [3.8, 4) is 0 Å². The van der Waals surface area contributed by atoms with E-state index >= 15 is 0 Å². The molecule has 1 amide bonds. The Morgan fingerprint density at radius 3 is 2.50 bits per heavy atom. The van der Waals surface area contributed by atoms with Gasteiger partial charge >= 0.3 is 6.09 Å². The third-order valence-electron chi connectivity index (χ3n) is 1.33. The summed E-state index contributed by atoms with van der Waals surface area (Å²) >= 11 is 0. The van der Waals surface area contributed by atoms with Crippen LogP contribution >= 0.6 is 0 Å². The molecule has 0 atom stereocenters. The van der Waals surface area contributed by atoms with E-state index < -0.39 is 11.7 Å². The van der Waals surface area contributed by atoms with Crippen LogP contribution in [0.1, 0.15) is 33.6 Å². The van der Waals surface area contributed by atoms with E-state index in [1.54, 1.807) is 6.08 Å². The first-order valence-electron chi connectivity index (χ1n) is 4.64. The Balaban J connectivity index is 3.83. The molecule has 0 aromatic rings. The minimum Gasteiger partial charge on any atom is -0.444 e. The summed E-state index contributed by atoms with van der Waals surface area (Å²) in [6.45, 7) is 12.7. The zero-order chi connectivity index (χ0) is 11.2. The number of ether oxygens (including phenoxy) is 1. The molecule has 0 unspecified atom stereocenters. The van der Waals surface area contributed by atoms with Crippen molar-refractivity contribution in [2.24, 2.45) is 0 Å². The molecule has 3 heteroatoms. The molecule has 0 saturated carbocycles. The molecule has 1 N–H and O–H groups in total. The Kier molecular flexibility index (Phi) is 4.99. The van der Waals surface area contributed by atoms with Gasteiger partial charge in [0.1, 0.15) is 5.60 Å². The second-order valence-electron chi connectivity index (χ2n) is 4.06. The Hall–Kier alpha value is -1.25. The lowest BCUT2D eigenvalue weighted by atomic mass is 10.2. The summed E-state index contributed by atoms with van der Waals surface area (Å²) in [5.41, 5.74) is 0.183. The SMILES string of the molecule is C=CCCC(=C)NC(=O)OC(C)(C)C. The van der Waals surface area contributed by atoms with E-state index in [1.165, 1.54) is 0 Å². The third-order valence-corrected chi connectivity index (χ3v) is 1.33. The summed E-state index contributed by atoms with van der Waals surface area (Å²) in [5.74, 6) is 0. The summed E-state index contributed by atoms with van der Waals surface area (Å²) in [7, 11) is 0. The molecule has 0 saturated heterocycles. The van der Waals surface area contributed by atoms with Crippen LogP contribution in [0.25, 0.3) is 0 Å². The van der Waals surface area contributed by atoms with E-state index in [9.17, 15) is 4.79 Å². The molecule has 3 nitrogen and oxygen atoms in total. The standard InChI is InChI=1S/C11H19NO2/c1-6-7-8-9(2)12-10(13)14-11(3,4)5/h6H,1-2,7-8H2,3-5H3,(H,12,13). The Bertz CT molecular complexity index is 226. The van der Waals surface area contributed by atoms with Crippen LogP contribution < -0.4 is 5.32 Å². The fraction of sp³-hybridized carbons (Fsp3) is 0.545. The minimum atomic E-state index is -0.469. The van der Waals surface area contributed by atoms with Crippen LogP contribution in [-0.2, 0) is 4.74 Å². The quantitative estimate of drug-likeness (QED) is 0.703. The number of carbonyl (C=O) groups is 1. The van der Waals surface area contributed by atoms with Crippen LogP contribution in [0, 0.1) is 0 Å². The average molecular weight is 197 g/mol. The Morgan fingerprint density at radius 1 is 1.50 bits per heavy atom. The van der Waals surface area contributed by atoms with Gasteiger partial charge in [-0.25, -0.2) is 4.79 Å². The first kappa shape index (κ1) is 12.8. The predicted octanol–water partition coefficient (Wildman–Crippen LogP) is 2.99. The van der Waals surface area contributed by atoms with Crippen molar-refractivity contribution in [1.82, 2.24) is 5.32 Å². The van der Waals surface area contributed by atoms with Crippen molar-refractivity contribution >= 4 is 6.09 Å². The Morgan fingerprint density at radius 2 is 2.07 bits per heavy atom. The van der Waals surface area contributed by atoms with Crippen molar-refractivity contribution in [3.05, 3.63) is 24.9 Å². The maximum Gasteiger partial charge on any atom is 0.411 e. The molecule has 0 bridgehead atoms. The molecule has 0 fully saturated rings. The van der Waals surface area contributed by atoms with Crippen LogP contribution in [-0.4, -0.2) is 11.7 Å². The summed E-state index contributed by atoms with van der Waals surface area (Å²) in [6.07, 6.45) is 2.82. The van der Waals surface area contributed by atoms with Gasteiger partial charge in [0.15, 0.2) is 0 Å². The monoisotopic (exact) mass is 197 g/mol. The van der Waals surface area contributed by atoms with Gasteiger partial charge in [-0.3, -0.25) is 5.32 Å². The van der Waals surface area contributed by atoms with E-state index in [0.29, 0.717) is 12.1 Å². The molecule has 80 valence electrons. The molecule has 0 aliphatic carbocycles. The van der Waals surface area contributed by atoms with Gasteiger partial charge < -0.3 is 4.74 Å². The summed E-state index contributed by atoms with van der Waals surface area (Å²) in [4.78, 5) is 11.2. The van der Waals surface area contributed by atoms with Crippen molar-refractivity contribution in [1.29, 1.82) is 0 Å². The van der Waals surface area contributed by atoms with E-state index in [0.717, 1.165) is 6.42 Å². The fourth-order valence-electron chi connectivity index (χ4n) is 0.787. The van der Waals surface area contributed by atoms with Crippen LogP contribution in [0.15, 0.2) is 24.9 Å². The molecule has 0 aromatic heterocycles. The maximum atomic E-state index is 11.2. The van der Waals surface area contributed by atoms with E-state index in [1.807, 2.05) is 20.8 Å². The first-order valence-corrected chi connectivity index (χ1v) is 4.64. The second-order valence-corrected chi connectivity index (χ2v) is 4.06. The number of allylic oxidation sites excluding steroid dienone is 2. The van der Waals surface area contributed by atoms with E-state index in [-0.39, 0.29) is 0 Å². The normalized spacial score (nSPS) is 10.5. The van der Waals surface area contributed by atoms with Crippen molar-refractivity contribution in [2.45, 2.75) is 39.2 Å². The van der Waals surface area contributed by atoms with Crippen LogP contribution in [0.3, 0.4) is 0 Å². The number of alkyl carbamates (subject to hydrolysis) is 1. The third kappa shape index (κ3) is 7.40. The van der Waals surface area contributed by atoms with Gasteiger partial charge in [0.2, 0.25) is 0 Å². The van der Waals surface area contributed by atoms with Gasteiger partial charge in [0.25, 0.3) is 0 Å². The van der Waals surface area contributed by atoms with Gasteiger partial charge in [0, 0.05) is 5.70 Å². The molecule has 0 heterocycles. The maximum absolute atomic E-state index is 11.2. The molecule has 0 radical (unpaired) electrons. The fourth-order valence-corrected chi connectivity index (χ4v) is 0.787. The highest BCUT2D eigenvalue weighted by Gasteiger charge is 2.15. The van der Waals surface area contributed by atoms with Gasteiger partial charge in [-0.15, -0.1) is 6.58 Å². The van der Waals surface area contributed by atoms with Crippen LogP contribution in [0.2, 0.25) is 0 Å². The molecule has 0 aromatic carbocycles. The highest BCUT2D eigenvalue weighted by atomic mass is 16.6. The molecule has 0 aliphatic heterocycles. The van der Waals surface area contributed by atoms with Crippen molar-refractivity contribution in [2.75, 3.05) is 0 Å². The summed E-state index contributed by atoms with van der Waals surface area (Å²) < 4.78 is 5.05. The molecular formula is C11H19NO2. The van der Waals surface area contributed by atoms with Crippen molar-refractivity contribution in [3.63, 3.8) is 0 Å². The lowest BCUT2D eigenvalue weighted by Crippen LogP contribution is -2.31. The largest absolute Gasteiger partial charge is 0.444 e. The van der Waals surface area contributed by atoms with E-state index in [4.69, 9.17) is 4.74 Å². The second kappa shape index (κ2) is 5.47. The first-order chi connectivity index (χ1) is 6.35. The number of rotatable bonds is 4. The lowest BCUT2D eigenvalue weighted by Gasteiger charge is -2.20.